The Morgan fingerprint density at radius 1 is 1.24 bits per heavy atom. The van der Waals surface area contributed by atoms with Crippen molar-refractivity contribution in [1.29, 1.82) is 0 Å². The van der Waals surface area contributed by atoms with Gasteiger partial charge >= 0.3 is 0 Å². The van der Waals surface area contributed by atoms with E-state index in [9.17, 15) is 4.79 Å². The molecule has 0 saturated carbocycles. The van der Waals surface area contributed by atoms with Gasteiger partial charge in [0.25, 0.3) is 0 Å². The van der Waals surface area contributed by atoms with Crippen LogP contribution in [-0.2, 0) is 4.79 Å². The zero-order chi connectivity index (χ0) is 18.8. The fourth-order valence-electron chi connectivity index (χ4n) is 4.75. The highest BCUT2D eigenvalue weighted by atomic mass is 35.5. The van der Waals surface area contributed by atoms with E-state index in [1.807, 2.05) is 0 Å². The zero-order valence-corrected chi connectivity index (χ0v) is 19.1. The molecule has 5 nitrogen and oxygen atoms in total. The molecule has 1 amide bonds. The minimum atomic E-state index is 0. The predicted octanol–water partition coefficient (Wildman–Crippen LogP) is 4.56. The maximum absolute atomic E-state index is 12.8. The van der Waals surface area contributed by atoms with Crippen molar-refractivity contribution in [3.8, 4) is 0 Å². The molecule has 1 aromatic heterocycles. The maximum Gasteiger partial charge on any atom is 0.222 e. The van der Waals surface area contributed by atoms with Crippen molar-refractivity contribution >= 4 is 41.8 Å². The Morgan fingerprint density at radius 3 is 2.76 bits per heavy atom. The third-order valence-corrected chi connectivity index (χ3v) is 6.21. The molecule has 2 unspecified atom stereocenters. The Morgan fingerprint density at radius 2 is 2.03 bits per heavy atom. The molecule has 2 aliphatic heterocycles. The van der Waals surface area contributed by atoms with Gasteiger partial charge in [-0.15, -0.1) is 24.8 Å². The van der Waals surface area contributed by atoms with Gasteiger partial charge in [-0.25, -0.2) is 4.98 Å². The molecule has 2 aromatic rings. The van der Waals surface area contributed by atoms with Gasteiger partial charge in [0.1, 0.15) is 5.82 Å². The van der Waals surface area contributed by atoms with Gasteiger partial charge < -0.3 is 14.8 Å². The number of piperidine rings is 1. The number of benzene rings is 1. The van der Waals surface area contributed by atoms with Crippen molar-refractivity contribution in [3.05, 3.63) is 30.1 Å². The first-order chi connectivity index (χ1) is 13.1. The summed E-state index contributed by atoms with van der Waals surface area (Å²) < 4.78 is 2.37. The van der Waals surface area contributed by atoms with Gasteiger partial charge in [0.15, 0.2) is 0 Å². The molecule has 2 aliphatic rings. The number of aromatic nitrogens is 2. The smallest absolute Gasteiger partial charge is 0.222 e. The topological polar surface area (TPSA) is 50.2 Å². The Kier molecular flexibility index (Phi) is 8.80. The van der Waals surface area contributed by atoms with E-state index in [1.165, 1.54) is 11.9 Å². The van der Waals surface area contributed by atoms with Crippen molar-refractivity contribution in [2.45, 2.75) is 57.9 Å². The van der Waals surface area contributed by atoms with Gasteiger partial charge in [-0.2, -0.15) is 0 Å². The van der Waals surface area contributed by atoms with Crippen molar-refractivity contribution < 1.29 is 4.79 Å². The average molecular weight is 441 g/mol. The highest BCUT2D eigenvalue weighted by Gasteiger charge is 2.29. The number of hydrogen-bond donors (Lipinski definition) is 1. The first-order valence-corrected chi connectivity index (χ1v) is 10.6. The van der Waals surface area contributed by atoms with E-state index in [0.29, 0.717) is 30.2 Å². The van der Waals surface area contributed by atoms with E-state index < -0.39 is 0 Å². The Labute approximate surface area is 186 Å². The first-order valence-electron chi connectivity index (χ1n) is 10.6. The van der Waals surface area contributed by atoms with Crippen LogP contribution in [0.25, 0.3) is 11.0 Å². The maximum atomic E-state index is 12.8. The summed E-state index contributed by atoms with van der Waals surface area (Å²) in [5.74, 6) is 2.51. The number of nitrogens with zero attached hydrogens (tertiary/aromatic N) is 3. The molecule has 2 fully saturated rings. The third-order valence-electron chi connectivity index (χ3n) is 6.21. The van der Waals surface area contributed by atoms with Crippen molar-refractivity contribution in [3.63, 3.8) is 0 Å². The summed E-state index contributed by atoms with van der Waals surface area (Å²) in [7, 11) is 0. The Balaban J connectivity index is 0.00000150. The van der Waals surface area contributed by atoms with Crippen LogP contribution in [0.4, 0.5) is 0 Å². The van der Waals surface area contributed by atoms with Gasteiger partial charge in [-0.05, 0) is 70.7 Å². The molecule has 3 heterocycles. The van der Waals surface area contributed by atoms with Crippen LogP contribution in [0.3, 0.4) is 0 Å². The summed E-state index contributed by atoms with van der Waals surface area (Å²) >= 11 is 0. The van der Waals surface area contributed by atoms with E-state index in [-0.39, 0.29) is 24.8 Å². The molecular formula is C22H34Cl2N4O. The molecule has 29 heavy (non-hydrogen) atoms. The lowest BCUT2D eigenvalue weighted by Gasteiger charge is -2.33. The van der Waals surface area contributed by atoms with Crippen molar-refractivity contribution in [1.82, 2.24) is 19.8 Å². The number of hydrogen-bond acceptors (Lipinski definition) is 3. The Hall–Kier alpha value is -1.30. The van der Waals surface area contributed by atoms with Crippen LogP contribution in [0.5, 0.6) is 0 Å². The number of rotatable bonds is 5. The molecule has 0 bridgehead atoms. The molecular weight excluding hydrogens is 407 g/mol. The molecule has 7 heteroatoms. The number of nitrogens with one attached hydrogen (secondary N) is 1. The number of carbonyl (C=O) groups excluding carboxylic acids is 1. The standard InChI is InChI=1S/C22H32N4O.2ClH/c1-16(2)26-20-8-4-3-7-19(20)24-22(26)18-6-5-13-25(15-18)21(27)10-9-17-11-12-23-14-17;;/h3-4,7-8,16-18,23H,5-6,9-15H2,1-2H3;2*1H. The predicted molar refractivity (Wildman–Crippen MR) is 123 cm³/mol. The monoisotopic (exact) mass is 440 g/mol. The van der Waals surface area contributed by atoms with Crippen LogP contribution >= 0.6 is 24.8 Å². The number of fused-ring (bicyclic) bond motifs is 1. The lowest BCUT2D eigenvalue weighted by atomic mass is 9.95. The van der Waals surface area contributed by atoms with Crippen molar-refractivity contribution in [2.24, 2.45) is 5.92 Å². The fourth-order valence-corrected chi connectivity index (χ4v) is 4.75. The lowest BCUT2D eigenvalue weighted by molar-refractivity contribution is -0.132. The second kappa shape index (κ2) is 10.6. The summed E-state index contributed by atoms with van der Waals surface area (Å²) in [6, 6.07) is 8.76. The minimum Gasteiger partial charge on any atom is -0.342 e. The van der Waals surface area contributed by atoms with Crippen molar-refractivity contribution in [2.75, 3.05) is 26.2 Å². The summed E-state index contributed by atoms with van der Waals surface area (Å²) in [4.78, 5) is 19.9. The van der Waals surface area contributed by atoms with Gasteiger partial charge in [0.05, 0.1) is 11.0 Å². The van der Waals surface area contributed by atoms with E-state index in [4.69, 9.17) is 4.98 Å². The molecule has 2 saturated heterocycles. The minimum absolute atomic E-state index is 0. The molecule has 0 spiro atoms. The summed E-state index contributed by atoms with van der Waals surface area (Å²) in [6.45, 7) is 8.35. The van der Waals surface area contributed by atoms with Crippen LogP contribution < -0.4 is 5.32 Å². The van der Waals surface area contributed by atoms with E-state index in [1.54, 1.807) is 0 Å². The average Bonchev–Trinajstić information content (AvgIpc) is 3.33. The first kappa shape index (κ1) is 24.0. The summed E-state index contributed by atoms with van der Waals surface area (Å²) in [5.41, 5.74) is 2.28. The molecule has 0 radical (unpaired) electrons. The number of carbonyl (C=O) groups is 1. The van der Waals surface area contributed by atoms with E-state index in [0.717, 1.165) is 56.8 Å². The highest BCUT2D eigenvalue weighted by molar-refractivity contribution is 5.85. The molecule has 0 aliphatic carbocycles. The number of likely N-dealkylation sites (tertiary alicyclic amines) is 1. The summed E-state index contributed by atoms with van der Waals surface area (Å²) in [5, 5.41) is 3.40. The Bertz CT molecular complexity index is 801. The molecule has 1 aromatic carbocycles. The van der Waals surface area contributed by atoms with Gasteiger partial charge in [-0.1, -0.05) is 12.1 Å². The van der Waals surface area contributed by atoms with E-state index in [2.05, 4.69) is 52.9 Å². The third kappa shape index (κ3) is 5.25. The van der Waals surface area contributed by atoms with Crippen LogP contribution in [0.15, 0.2) is 24.3 Å². The largest absolute Gasteiger partial charge is 0.342 e. The molecule has 4 rings (SSSR count). The van der Waals surface area contributed by atoms with Crippen LogP contribution in [0.2, 0.25) is 0 Å². The lowest BCUT2D eigenvalue weighted by Crippen LogP contribution is -2.40. The van der Waals surface area contributed by atoms with Gasteiger partial charge in [-0.3, -0.25) is 4.79 Å². The molecule has 2 atom stereocenters. The number of amides is 1. The van der Waals surface area contributed by atoms with Crippen LogP contribution in [0.1, 0.15) is 63.7 Å². The fraction of sp³-hybridized carbons (Fsp3) is 0.636. The summed E-state index contributed by atoms with van der Waals surface area (Å²) in [6.07, 6.45) is 5.13. The second-order valence-electron chi connectivity index (χ2n) is 8.50. The second-order valence-corrected chi connectivity index (χ2v) is 8.50. The van der Waals surface area contributed by atoms with Crippen LogP contribution in [0, 0.1) is 5.92 Å². The molecule has 162 valence electrons. The van der Waals surface area contributed by atoms with Gasteiger partial charge in [0.2, 0.25) is 5.91 Å². The van der Waals surface area contributed by atoms with Crippen LogP contribution in [-0.4, -0.2) is 46.5 Å². The highest BCUT2D eigenvalue weighted by Crippen LogP contribution is 2.32. The molecule has 1 N–H and O–H groups in total. The zero-order valence-electron chi connectivity index (χ0n) is 17.5. The van der Waals surface area contributed by atoms with E-state index >= 15 is 0 Å². The number of imidazole rings is 1. The quantitative estimate of drug-likeness (QED) is 0.740. The number of para-hydroxylation sites is 2. The number of halogens is 2. The SMILES string of the molecule is CC(C)n1c(C2CCCN(C(=O)CCC3CCNC3)C2)nc2ccccc21.Cl.Cl. The normalized spacial score (nSPS) is 21.8. The van der Waals surface area contributed by atoms with Gasteiger partial charge in [0, 0.05) is 31.5 Å².